The van der Waals surface area contributed by atoms with Crippen LogP contribution in [0.2, 0.25) is 0 Å². The molecular formula is C51H71BrN2O7. The molecule has 6 fully saturated rings. The number of carbonyl (C=O) groups is 2. The molecule has 1 spiro atoms. The molecule has 0 bridgehead atoms. The van der Waals surface area contributed by atoms with Crippen LogP contribution in [0.3, 0.4) is 0 Å². The second kappa shape index (κ2) is 17.6. The van der Waals surface area contributed by atoms with Crippen LogP contribution in [-0.4, -0.2) is 86.3 Å². The monoisotopic (exact) mass is 902 g/mol. The van der Waals surface area contributed by atoms with Crippen LogP contribution in [0.5, 0.6) is 11.5 Å². The molecule has 7 aliphatic rings. The number of benzene rings is 2. The van der Waals surface area contributed by atoms with Crippen LogP contribution in [0.1, 0.15) is 109 Å². The van der Waals surface area contributed by atoms with Gasteiger partial charge in [-0.1, -0.05) is 39.3 Å². The molecule has 0 N–H and O–H groups in total. The topological polar surface area (TPSA) is 83.5 Å². The molecule has 61 heavy (non-hydrogen) atoms. The Labute approximate surface area is 375 Å². The lowest BCUT2D eigenvalue weighted by molar-refractivity contribution is -0.956. The van der Waals surface area contributed by atoms with E-state index in [1.54, 1.807) is 14.2 Å². The Morgan fingerprint density at radius 2 is 1.49 bits per heavy atom. The van der Waals surface area contributed by atoms with Gasteiger partial charge in [0.2, 0.25) is 5.91 Å². The van der Waals surface area contributed by atoms with Crippen molar-refractivity contribution in [2.75, 3.05) is 47.0 Å². The van der Waals surface area contributed by atoms with E-state index in [9.17, 15) is 9.59 Å². The van der Waals surface area contributed by atoms with Gasteiger partial charge in [0.05, 0.1) is 59.5 Å². The van der Waals surface area contributed by atoms with Crippen molar-refractivity contribution in [2.45, 2.75) is 129 Å². The Morgan fingerprint density at radius 1 is 0.836 bits per heavy atom. The minimum Gasteiger partial charge on any atom is -1.00 e. The van der Waals surface area contributed by atoms with E-state index in [1.807, 2.05) is 29.2 Å². The van der Waals surface area contributed by atoms with Crippen LogP contribution in [0.4, 0.5) is 0 Å². The summed E-state index contributed by atoms with van der Waals surface area (Å²) in [6, 6.07) is 16.7. The number of hydrogen-bond donors (Lipinski definition) is 0. The van der Waals surface area contributed by atoms with Gasteiger partial charge in [0.1, 0.15) is 30.7 Å². The van der Waals surface area contributed by atoms with Crippen molar-refractivity contribution in [3.8, 4) is 11.5 Å². The van der Waals surface area contributed by atoms with E-state index in [4.69, 9.17) is 23.7 Å². The van der Waals surface area contributed by atoms with Crippen molar-refractivity contribution in [1.82, 2.24) is 4.90 Å². The third kappa shape index (κ3) is 8.34. The summed E-state index contributed by atoms with van der Waals surface area (Å²) >= 11 is 0. The van der Waals surface area contributed by atoms with Gasteiger partial charge in [-0.2, -0.15) is 0 Å². The maximum absolute atomic E-state index is 13.6. The maximum Gasteiger partial charge on any atom is 0.306 e. The highest BCUT2D eigenvalue weighted by atomic mass is 79.9. The van der Waals surface area contributed by atoms with E-state index < -0.39 is 0 Å². The molecule has 3 heterocycles. The smallest absolute Gasteiger partial charge is 0.306 e. The number of esters is 1. The number of carbonyl (C=O) groups excluding carboxylic acids is 2. The lowest BCUT2D eigenvalue weighted by Gasteiger charge is -2.58. The van der Waals surface area contributed by atoms with Crippen molar-refractivity contribution in [3.05, 3.63) is 71.3 Å². The molecule has 334 valence electrons. The Hall–Kier alpha value is -2.92. The van der Waals surface area contributed by atoms with Crippen molar-refractivity contribution in [2.24, 2.45) is 46.3 Å². The molecule has 4 aliphatic carbocycles. The summed E-state index contributed by atoms with van der Waals surface area (Å²) in [6.45, 7) is 15.5. The minimum atomic E-state index is -0.362. The zero-order valence-electron chi connectivity index (χ0n) is 37.7. The highest BCUT2D eigenvalue weighted by Gasteiger charge is 2.68. The molecule has 10 heteroatoms. The Balaban J connectivity index is 0.00000514. The lowest BCUT2D eigenvalue weighted by Crippen LogP contribution is -3.00. The number of hydrogen-bond acceptors (Lipinski definition) is 7. The molecule has 3 saturated carbocycles. The van der Waals surface area contributed by atoms with Crippen LogP contribution < -0.4 is 26.5 Å². The number of methoxy groups -OCH3 is 2. The van der Waals surface area contributed by atoms with Gasteiger partial charge in [0.25, 0.3) is 0 Å². The number of allylic oxidation sites excluding steroid dienone is 1. The van der Waals surface area contributed by atoms with Gasteiger partial charge in [0.15, 0.2) is 5.79 Å². The zero-order chi connectivity index (χ0) is 41.9. The van der Waals surface area contributed by atoms with Crippen LogP contribution in [0.15, 0.2) is 60.2 Å². The highest BCUT2D eigenvalue weighted by Crippen LogP contribution is 2.70. The summed E-state index contributed by atoms with van der Waals surface area (Å²) < 4.78 is 31.4. The summed E-state index contributed by atoms with van der Waals surface area (Å²) in [5.74, 6) is 4.85. The molecule has 3 saturated heterocycles. The van der Waals surface area contributed by atoms with Crippen molar-refractivity contribution >= 4 is 11.9 Å². The number of amides is 1. The van der Waals surface area contributed by atoms with Gasteiger partial charge in [-0.3, -0.25) is 9.59 Å². The minimum absolute atomic E-state index is 0. The second-order valence-electron chi connectivity index (χ2n) is 20.8. The molecule has 2 aromatic carbocycles. The fraction of sp³-hybridized carbons (Fsp3) is 0.686. The van der Waals surface area contributed by atoms with Gasteiger partial charge in [-0.05, 0) is 134 Å². The lowest BCUT2D eigenvalue weighted by atomic mass is 9.47. The van der Waals surface area contributed by atoms with Crippen LogP contribution in [0, 0.1) is 46.3 Å². The Morgan fingerprint density at radius 3 is 2.10 bits per heavy atom. The van der Waals surface area contributed by atoms with Gasteiger partial charge in [0, 0.05) is 36.3 Å². The fourth-order valence-electron chi connectivity index (χ4n) is 14.1. The quantitative estimate of drug-likeness (QED) is 0.162. The molecule has 0 unspecified atom stereocenters. The van der Waals surface area contributed by atoms with Crippen LogP contribution in [0.25, 0.3) is 0 Å². The zero-order valence-corrected chi connectivity index (χ0v) is 39.3. The number of halogens is 1. The maximum atomic E-state index is 13.6. The number of ether oxygens (including phenoxy) is 5. The third-order valence-electron chi connectivity index (χ3n) is 17.6. The summed E-state index contributed by atoms with van der Waals surface area (Å²) in [5, 5.41) is 0. The molecule has 9 nitrogen and oxygen atoms in total. The number of piperazine rings is 1. The van der Waals surface area contributed by atoms with Gasteiger partial charge >= 0.3 is 5.97 Å². The van der Waals surface area contributed by atoms with Crippen molar-refractivity contribution in [3.63, 3.8) is 0 Å². The summed E-state index contributed by atoms with van der Waals surface area (Å²) in [7, 11) is 3.38. The van der Waals surface area contributed by atoms with E-state index >= 15 is 0 Å². The van der Waals surface area contributed by atoms with Gasteiger partial charge < -0.3 is 50.0 Å². The normalized spacial score (nSPS) is 37.3. The molecule has 1 amide bonds. The standard InChI is InChI=1S/C51H71N2O7.BrH/c1-34-19-24-51(58-33-34)35(2)48-45(60-51)30-44-42-16-11-38-29-41(20-22-49(38,3)43(42)21-23-50(44,48)4)59-47(55)18-17-46(54)52-25-27-53(28-26-52,31-36-7-12-39(56-5)13-8-36)32-37-9-14-40(57-6)15-10-37;/h7-15,34-35,41-45,48H,16-33H2,1-6H3;1H/q+1;/p-1/t34-,35+,41+,42-,43+,44+,45+,48+,49+,50+,51-;/m1./s1. The van der Waals surface area contributed by atoms with E-state index in [-0.39, 0.29) is 59.0 Å². The van der Waals surface area contributed by atoms with Crippen molar-refractivity contribution in [1.29, 1.82) is 0 Å². The largest absolute Gasteiger partial charge is 1.00 e. The highest BCUT2D eigenvalue weighted by molar-refractivity contribution is 5.81. The first-order chi connectivity index (χ1) is 28.9. The predicted molar refractivity (Wildman–Crippen MR) is 231 cm³/mol. The van der Waals surface area contributed by atoms with E-state index in [0.717, 1.165) is 80.9 Å². The molecule has 11 atom stereocenters. The van der Waals surface area contributed by atoms with Gasteiger partial charge in [-0.25, -0.2) is 0 Å². The Bertz CT molecular complexity index is 1850. The SMILES string of the molecule is COc1ccc(C[N+]2(Cc3ccc(OC)cc3)CCN(C(=O)CCC(=O)O[C@H]3CC[C@@]4(C)C(=CC[C@H]5[C@@H]6C[C@@H]7O[C@]8(CC[C@@H](C)CO8)[C@@H](C)[C@@H]7[C@@]6(C)CC[C@@H]54)C3)CC2)cc1.[Br-]. The van der Waals surface area contributed by atoms with E-state index in [0.29, 0.717) is 60.1 Å². The van der Waals surface area contributed by atoms with Gasteiger partial charge in [-0.15, -0.1) is 0 Å². The predicted octanol–water partition coefficient (Wildman–Crippen LogP) is 6.13. The summed E-state index contributed by atoms with van der Waals surface area (Å²) in [6.07, 6.45) is 13.0. The molecule has 2 aromatic rings. The molecular weight excluding hydrogens is 832 g/mol. The average Bonchev–Trinajstić information content (AvgIpc) is 3.70. The number of rotatable bonds is 10. The third-order valence-corrected chi connectivity index (χ3v) is 17.6. The van der Waals surface area contributed by atoms with Crippen LogP contribution >= 0.6 is 0 Å². The number of nitrogens with zero attached hydrogens (tertiary/aromatic N) is 2. The summed E-state index contributed by atoms with van der Waals surface area (Å²) in [4.78, 5) is 28.8. The second-order valence-corrected chi connectivity index (χ2v) is 20.8. The number of quaternary nitrogens is 1. The first-order valence-electron chi connectivity index (χ1n) is 23.5. The first kappa shape index (κ1) is 44.7. The Kier molecular flexibility index (Phi) is 12.9. The molecule has 3 aliphatic heterocycles. The molecule has 0 aromatic heterocycles. The first-order valence-corrected chi connectivity index (χ1v) is 23.5. The number of fused-ring (bicyclic) bond motifs is 7. The van der Waals surface area contributed by atoms with Crippen LogP contribution in [-0.2, 0) is 36.9 Å². The van der Waals surface area contributed by atoms with E-state index in [2.05, 4.69) is 58.0 Å². The van der Waals surface area contributed by atoms with E-state index in [1.165, 1.54) is 42.4 Å². The van der Waals surface area contributed by atoms with Crippen molar-refractivity contribution < 1.29 is 54.7 Å². The fourth-order valence-corrected chi connectivity index (χ4v) is 14.1. The summed E-state index contributed by atoms with van der Waals surface area (Å²) in [5.41, 5.74) is 4.48. The average molecular weight is 904 g/mol. The molecule has 0 radical (unpaired) electrons. The molecule has 9 rings (SSSR count).